The van der Waals surface area contributed by atoms with Crippen LogP contribution in [0.15, 0.2) is 46.9 Å². The molecule has 162 valence electrons. The Bertz CT molecular complexity index is 931. The molecule has 0 radical (unpaired) electrons. The highest BCUT2D eigenvalue weighted by Crippen LogP contribution is 2.38. The molecule has 0 aromatic heterocycles. The molecule has 0 spiro atoms. The fourth-order valence-electron chi connectivity index (χ4n) is 2.77. The van der Waals surface area contributed by atoms with E-state index >= 15 is 0 Å². The van der Waals surface area contributed by atoms with Gasteiger partial charge in [-0.3, -0.25) is 0 Å². The molecule has 0 bridgehead atoms. The van der Waals surface area contributed by atoms with Gasteiger partial charge in [0.25, 0.3) is 0 Å². The number of aromatic hydroxyl groups is 1. The van der Waals surface area contributed by atoms with Crippen LogP contribution in [0.1, 0.15) is 40.9 Å². The van der Waals surface area contributed by atoms with Crippen molar-refractivity contribution < 1.29 is 32.5 Å². The third-order valence-corrected chi connectivity index (χ3v) is 5.41. The van der Waals surface area contributed by atoms with E-state index in [4.69, 9.17) is 9.47 Å². The summed E-state index contributed by atoms with van der Waals surface area (Å²) in [4.78, 5) is 12.9. The van der Waals surface area contributed by atoms with E-state index in [2.05, 4.69) is 0 Å². The van der Waals surface area contributed by atoms with Crippen LogP contribution >= 0.6 is 11.8 Å². The van der Waals surface area contributed by atoms with E-state index in [1.54, 1.807) is 6.07 Å². The van der Waals surface area contributed by atoms with Gasteiger partial charge in [0.05, 0.1) is 19.8 Å². The molecule has 0 aliphatic heterocycles. The molecule has 30 heavy (non-hydrogen) atoms. The lowest BCUT2D eigenvalue weighted by molar-refractivity contribution is -0.137. The summed E-state index contributed by atoms with van der Waals surface area (Å²) in [5.41, 5.74) is 1.25. The molecule has 0 aliphatic carbocycles. The lowest BCUT2D eigenvalue weighted by Gasteiger charge is -2.17. The van der Waals surface area contributed by atoms with Crippen LogP contribution in [0.4, 0.5) is 13.2 Å². The first-order valence-electron chi connectivity index (χ1n) is 9.01. The summed E-state index contributed by atoms with van der Waals surface area (Å²) in [5, 5.41) is 10.8. The summed E-state index contributed by atoms with van der Waals surface area (Å²) in [7, 11) is 2.68. The number of phenols is 1. The predicted octanol–water partition coefficient (Wildman–Crippen LogP) is 6.01. The smallest absolute Gasteiger partial charge is 0.416 e. The zero-order valence-corrected chi connectivity index (χ0v) is 17.9. The van der Waals surface area contributed by atoms with Crippen molar-refractivity contribution in [1.29, 1.82) is 0 Å². The highest BCUT2D eigenvalue weighted by Gasteiger charge is 2.30. The number of hydrogen-bond acceptors (Lipinski definition) is 5. The number of rotatable bonds is 7. The van der Waals surface area contributed by atoms with Crippen LogP contribution in [0.2, 0.25) is 0 Å². The van der Waals surface area contributed by atoms with Crippen LogP contribution in [0, 0.1) is 0 Å². The third kappa shape index (κ3) is 5.72. The molecule has 0 unspecified atom stereocenters. The standard InChI is InChI=1S/C22H23F3O4S/c1-13(2)5-10-17-18(28-3)11-14(19(20(17)26)21(27)29-4)12-30-16-8-6-15(7-9-16)22(23,24)25/h5-9,11,26H,10,12H2,1-4H3. The van der Waals surface area contributed by atoms with E-state index in [1.807, 2.05) is 19.9 Å². The first-order valence-corrected chi connectivity index (χ1v) is 10.0. The van der Waals surface area contributed by atoms with Crippen molar-refractivity contribution in [2.75, 3.05) is 14.2 Å². The van der Waals surface area contributed by atoms with Crippen molar-refractivity contribution in [3.05, 3.63) is 64.2 Å². The highest BCUT2D eigenvalue weighted by molar-refractivity contribution is 7.98. The Balaban J connectivity index is 2.39. The topological polar surface area (TPSA) is 55.8 Å². The Kier molecular flexibility index (Phi) is 7.83. The van der Waals surface area contributed by atoms with Crippen molar-refractivity contribution in [2.24, 2.45) is 0 Å². The molecule has 4 nitrogen and oxygen atoms in total. The molecule has 8 heteroatoms. The maximum absolute atomic E-state index is 12.7. The monoisotopic (exact) mass is 440 g/mol. The molecule has 0 heterocycles. The van der Waals surface area contributed by atoms with Gasteiger partial charge in [0.1, 0.15) is 17.1 Å². The van der Waals surface area contributed by atoms with Crippen LogP contribution in [0.3, 0.4) is 0 Å². The zero-order valence-electron chi connectivity index (χ0n) is 17.1. The van der Waals surface area contributed by atoms with E-state index in [0.717, 1.165) is 17.7 Å². The van der Waals surface area contributed by atoms with Gasteiger partial charge in [0.2, 0.25) is 0 Å². The summed E-state index contributed by atoms with van der Waals surface area (Å²) in [5.74, 6) is -0.276. The number of phenolic OH excluding ortho intramolecular Hbond substituents is 1. The maximum Gasteiger partial charge on any atom is 0.416 e. The first-order chi connectivity index (χ1) is 14.1. The average molecular weight is 440 g/mol. The lowest BCUT2D eigenvalue weighted by atomic mass is 9.99. The second-order valence-corrected chi connectivity index (χ2v) is 7.78. The number of hydrogen-bond donors (Lipinski definition) is 1. The van der Waals surface area contributed by atoms with E-state index in [1.165, 1.54) is 38.1 Å². The molecule has 2 aromatic carbocycles. The number of esters is 1. The van der Waals surface area contributed by atoms with Crippen molar-refractivity contribution in [3.8, 4) is 11.5 Å². The summed E-state index contributed by atoms with van der Waals surface area (Å²) in [6.45, 7) is 3.83. The van der Waals surface area contributed by atoms with Gasteiger partial charge in [-0.25, -0.2) is 4.79 Å². The van der Waals surface area contributed by atoms with Gasteiger partial charge in [-0.15, -0.1) is 11.8 Å². The Morgan fingerprint density at radius 2 is 1.80 bits per heavy atom. The third-order valence-electron chi connectivity index (χ3n) is 4.35. The Labute approximate surface area is 177 Å². The molecule has 0 saturated heterocycles. The number of ether oxygens (including phenoxy) is 2. The van der Waals surface area contributed by atoms with Gasteiger partial charge in [-0.2, -0.15) is 13.2 Å². The minimum atomic E-state index is -4.40. The van der Waals surface area contributed by atoms with Crippen molar-refractivity contribution in [1.82, 2.24) is 0 Å². The number of carbonyl (C=O) groups is 1. The largest absolute Gasteiger partial charge is 0.507 e. The van der Waals surface area contributed by atoms with Gasteiger partial charge < -0.3 is 14.6 Å². The number of halogens is 3. The molecule has 2 rings (SSSR count). The molecule has 0 fully saturated rings. The predicted molar refractivity (Wildman–Crippen MR) is 110 cm³/mol. The number of carbonyl (C=O) groups excluding carboxylic acids is 1. The second kappa shape index (κ2) is 9.93. The molecular formula is C22H23F3O4S. The Morgan fingerprint density at radius 3 is 2.30 bits per heavy atom. The number of methoxy groups -OCH3 is 2. The lowest BCUT2D eigenvalue weighted by Crippen LogP contribution is -2.09. The van der Waals surface area contributed by atoms with Gasteiger partial charge in [0.15, 0.2) is 0 Å². The van der Waals surface area contributed by atoms with Crippen LogP contribution in [0.5, 0.6) is 11.5 Å². The minimum absolute atomic E-state index is 0.0230. The van der Waals surface area contributed by atoms with Crippen LogP contribution in [0.25, 0.3) is 0 Å². The summed E-state index contributed by atoms with van der Waals surface area (Å²) in [6.07, 6.45) is -2.13. The van der Waals surface area contributed by atoms with Crippen molar-refractivity contribution in [2.45, 2.75) is 37.1 Å². The van der Waals surface area contributed by atoms with Crippen molar-refractivity contribution >= 4 is 17.7 Å². The number of alkyl halides is 3. The van der Waals surface area contributed by atoms with Crippen molar-refractivity contribution in [3.63, 3.8) is 0 Å². The molecule has 1 N–H and O–H groups in total. The Hall–Kier alpha value is -2.61. The summed E-state index contributed by atoms with van der Waals surface area (Å²) < 4.78 is 48.4. The van der Waals surface area contributed by atoms with Gasteiger partial charge in [0, 0.05) is 16.2 Å². The molecule has 2 aromatic rings. The molecule has 0 aliphatic rings. The molecular weight excluding hydrogens is 417 g/mol. The number of benzene rings is 2. The first kappa shape index (κ1) is 23.7. The molecule has 0 saturated carbocycles. The second-order valence-electron chi connectivity index (χ2n) is 6.73. The fraction of sp³-hybridized carbons (Fsp3) is 0.318. The fourth-order valence-corrected chi connectivity index (χ4v) is 3.65. The van der Waals surface area contributed by atoms with Crippen LogP contribution in [-0.2, 0) is 23.1 Å². The van der Waals surface area contributed by atoms with Crippen LogP contribution < -0.4 is 4.74 Å². The van der Waals surface area contributed by atoms with E-state index in [9.17, 15) is 23.1 Å². The molecule has 0 amide bonds. The summed E-state index contributed by atoms with van der Waals surface area (Å²) >= 11 is 1.23. The summed E-state index contributed by atoms with van der Waals surface area (Å²) in [6, 6.07) is 6.39. The highest BCUT2D eigenvalue weighted by atomic mass is 32.2. The zero-order chi connectivity index (χ0) is 22.5. The van der Waals surface area contributed by atoms with Crippen LogP contribution in [-0.4, -0.2) is 25.3 Å². The normalized spacial score (nSPS) is 11.2. The van der Waals surface area contributed by atoms with Gasteiger partial charge >= 0.3 is 12.1 Å². The van der Waals surface area contributed by atoms with E-state index < -0.39 is 17.7 Å². The van der Waals surface area contributed by atoms with E-state index in [0.29, 0.717) is 28.2 Å². The SMILES string of the molecule is COC(=O)c1c(CSc2ccc(C(F)(F)F)cc2)cc(OC)c(CC=C(C)C)c1O. The minimum Gasteiger partial charge on any atom is -0.507 e. The van der Waals surface area contributed by atoms with Gasteiger partial charge in [-0.1, -0.05) is 11.6 Å². The van der Waals surface area contributed by atoms with Gasteiger partial charge in [-0.05, 0) is 56.2 Å². The number of allylic oxidation sites excluding steroid dienone is 2. The average Bonchev–Trinajstić information content (AvgIpc) is 2.69. The Morgan fingerprint density at radius 1 is 1.17 bits per heavy atom. The quantitative estimate of drug-likeness (QED) is 0.325. The molecule has 0 atom stereocenters. The maximum atomic E-state index is 12.7. The van der Waals surface area contributed by atoms with E-state index in [-0.39, 0.29) is 17.1 Å². The number of thioether (sulfide) groups is 1.